The maximum absolute atomic E-state index is 13.2. The molecular weight excluding hydrogens is 354 g/mol. The van der Waals surface area contributed by atoms with E-state index in [9.17, 15) is 9.59 Å². The first-order valence-corrected chi connectivity index (χ1v) is 9.88. The molecule has 1 atom stereocenters. The second-order valence-electron chi connectivity index (χ2n) is 8.13. The molecule has 0 saturated carbocycles. The van der Waals surface area contributed by atoms with E-state index in [0.29, 0.717) is 30.6 Å². The summed E-state index contributed by atoms with van der Waals surface area (Å²) in [7, 11) is 1.62. The summed E-state index contributed by atoms with van der Waals surface area (Å²) in [4.78, 5) is 26.1. The molecule has 0 spiro atoms. The van der Waals surface area contributed by atoms with Crippen LogP contribution in [-0.2, 0) is 14.3 Å². The normalized spacial score (nSPS) is 21.2. The van der Waals surface area contributed by atoms with Gasteiger partial charge in [0.15, 0.2) is 5.78 Å². The van der Waals surface area contributed by atoms with Crippen LogP contribution in [0.1, 0.15) is 58.4 Å². The number of allylic oxidation sites excluding steroid dienone is 3. The van der Waals surface area contributed by atoms with Gasteiger partial charge in [0.1, 0.15) is 5.75 Å². The highest BCUT2D eigenvalue weighted by molar-refractivity contribution is 6.04. The molecule has 0 saturated heterocycles. The van der Waals surface area contributed by atoms with E-state index >= 15 is 0 Å². The number of Topliss-reactive ketones (excluding diaryl/α,β-unsaturated/α-hetero) is 1. The fraction of sp³-hybridized carbons (Fsp3) is 0.478. The van der Waals surface area contributed by atoms with Crippen LogP contribution in [0.25, 0.3) is 0 Å². The number of carbonyl (C=O) groups is 2. The summed E-state index contributed by atoms with van der Waals surface area (Å²) in [6, 6.07) is 7.59. The molecule has 28 heavy (non-hydrogen) atoms. The Bertz CT molecular complexity index is 846. The Kier molecular flexibility index (Phi) is 5.64. The average molecular weight is 383 g/mol. The molecule has 5 heteroatoms. The maximum Gasteiger partial charge on any atom is 0.336 e. The van der Waals surface area contributed by atoms with Crippen molar-refractivity contribution in [3.05, 3.63) is 52.4 Å². The van der Waals surface area contributed by atoms with E-state index in [4.69, 9.17) is 9.47 Å². The van der Waals surface area contributed by atoms with E-state index in [-0.39, 0.29) is 17.2 Å². The lowest BCUT2D eigenvalue weighted by Crippen LogP contribution is -2.39. The Morgan fingerprint density at radius 2 is 1.86 bits per heavy atom. The van der Waals surface area contributed by atoms with Crippen molar-refractivity contribution >= 4 is 11.8 Å². The number of benzene rings is 1. The van der Waals surface area contributed by atoms with Gasteiger partial charge in [-0.1, -0.05) is 32.9 Å². The van der Waals surface area contributed by atoms with Crippen LogP contribution in [0.4, 0.5) is 0 Å². The summed E-state index contributed by atoms with van der Waals surface area (Å²) in [5.74, 6) is 0.0495. The summed E-state index contributed by atoms with van der Waals surface area (Å²) < 4.78 is 10.6. The van der Waals surface area contributed by atoms with Crippen LogP contribution >= 0.6 is 0 Å². The number of hydrogen-bond acceptors (Lipinski definition) is 5. The molecule has 0 bridgehead atoms. The number of carbonyl (C=O) groups excluding carboxylic acids is 2. The molecular formula is C23H29NO4. The van der Waals surface area contributed by atoms with Crippen molar-refractivity contribution < 1.29 is 19.1 Å². The van der Waals surface area contributed by atoms with E-state index in [1.54, 1.807) is 14.0 Å². The number of methoxy groups -OCH3 is 1. The van der Waals surface area contributed by atoms with Crippen LogP contribution in [0, 0.1) is 5.41 Å². The van der Waals surface area contributed by atoms with Crippen molar-refractivity contribution in [1.82, 2.24) is 5.32 Å². The minimum Gasteiger partial charge on any atom is -0.497 e. The highest BCUT2D eigenvalue weighted by atomic mass is 16.5. The van der Waals surface area contributed by atoms with E-state index in [0.717, 1.165) is 29.1 Å². The molecule has 0 unspecified atom stereocenters. The van der Waals surface area contributed by atoms with Gasteiger partial charge in [-0.15, -0.1) is 0 Å². The van der Waals surface area contributed by atoms with Gasteiger partial charge in [-0.3, -0.25) is 4.79 Å². The molecule has 1 N–H and O–H groups in total. The van der Waals surface area contributed by atoms with Crippen molar-refractivity contribution in [3.63, 3.8) is 0 Å². The van der Waals surface area contributed by atoms with Crippen LogP contribution in [0.3, 0.4) is 0 Å². The molecule has 150 valence electrons. The zero-order chi connectivity index (χ0) is 20.5. The number of rotatable bonds is 5. The molecule has 3 rings (SSSR count). The number of hydrogen-bond donors (Lipinski definition) is 1. The third kappa shape index (κ3) is 3.71. The molecule has 0 amide bonds. The number of esters is 1. The van der Waals surface area contributed by atoms with Gasteiger partial charge in [0.25, 0.3) is 0 Å². The summed E-state index contributed by atoms with van der Waals surface area (Å²) in [5.41, 5.74) is 3.81. The number of dihydropyridines is 1. The van der Waals surface area contributed by atoms with Gasteiger partial charge < -0.3 is 14.8 Å². The van der Waals surface area contributed by atoms with E-state index in [2.05, 4.69) is 19.2 Å². The second-order valence-corrected chi connectivity index (χ2v) is 8.13. The fourth-order valence-corrected chi connectivity index (χ4v) is 4.21. The smallest absolute Gasteiger partial charge is 0.336 e. The first-order chi connectivity index (χ1) is 13.3. The van der Waals surface area contributed by atoms with E-state index < -0.39 is 5.92 Å². The summed E-state index contributed by atoms with van der Waals surface area (Å²) in [6.45, 7) is 8.31. The van der Waals surface area contributed by atoms with Crippen LogP contribution in [0.2, 0.25) is 0 Å². The minimum atomic E-state index is -0.417. The third-order valence-corrected chi connectivity index (χ3v) is 5.42. The van der Waals surface area contributed by atoms with Crippen LogP contribution in [0.15, 0.2) is 46.8 Å². The molecule has 1 heterocycles. The van der Waals surface area contributed by atoms with Crippen molar-refractivity contribution in [1.29, 1.82) is 0 Å². The van der Waals surface area contributed by atoms with Crippen molar-refractivity contribution in [2.45, 2.75) is 52.9 Å². The first kappa shape index (κ1) is 20.2. The van der Waals surface area contributed by atoms with Crippen LogP contribution in [0.5, 0.6) is 5.75 Å². The highest BCUT2D eigenvalue weighted by Crippen LogP contribution is 2.47. The third-order valence-electron chi connectivity index (χ3n) is 5.42. The second kappa shape index (κ2) is 7.82. The fourth-order valence-electron chi connectivity index (χ4n) is 4.21. The van der Waals surface area contributed by atoms with Gasteiger partial charge in [0.05, 0.1) is 19.3 Å². The lowest BCUT2D eigenvalue weighted by Gasteiger charge is -2.40. The van der Waals surface area contributed by atoms with Crippen molar-refractivity contribution in [3.8, 4) is 5.75 Å². The standard InChI is InChI=1S/C23H29NO4/c1-6-16-21(22(26)28-7-2)19(14-8-10-15(27-5)11-9-14)20-17(24-16)12-23(3,4)13-18(20)25/h8-11,19,24H,6-7,12-13H2,1-5H3/t19-/m0/s1. The molecule has 2 aliphatic rings. The lowest BCUT2D eigenvalue weighted by molar-refractivity contribution is -0.138. The predicted octanol–water partition coefficient (Wildman–Crippen LogP) is 4.25. The Morgan fingerprint density at radius 1 is 1.18 bits per heavy atom. The predicted molar refractivity (Wildman–Crippen MR) is 108 cm³/mol. The van der Waals surface area contributed by atoms with E-state index in [1.165, 1.54) is 0 Å². The molecule has 1 aliphatic heterocycles. The van der Waals surface area contributed by atoms with Gasteiger partial charge in [-0.05, 0) is 42.9 Å². The zero-order valence-electron chi connectivity index (χ0n) is 17.3. The highest BCUT2D eigenvalue weighted by Gasteiger charge is 2.43. The Balaban J connectivity index is 2.18. The SMILES string of the molecule is CCOC(=O)C1=C(CC)NC2=C(C(=O)CC(C)(C)C2)[C@@H]1c1ccc(OC)cc1. The molecule has 5 nitrogen and oxygen atoms in total. The van der Waals surface area contributed by atoms with Gasteiger partial charge in [-0.25, -0.2) is 4.79 Å². The number of nitrogens with one attached hydrogen (secondary N) is 1. The Morgan fingerprint density at radius 3 is 2.43 bits per heavy atom. The molecule has 1 aromatic carbocycles. The Hall–Kier alpha value is -2.56. The molecule has 1 aliphatic carbocycles. The maximum atomic E-state index is 13.2. The first-order valence-electron chi connectivity index (χ1n) is 9.88. The quantitative estimate of drug-likeness (QED) is 0.770. The largest absolute Gasteiger partial charge is 0.497 e. The average Bonchev–Trinajstić information content (AvgIpc) is 2.65. The zero-order valence-corrected chi connectivity index (χ0v) is 17.3. The van der Waals surface area contributed by atoms with Gasteiger partial charge in [-0.2, -0.15) is 0 Å². The molecule has 0 fully saturated rings. The molecule has 1 aromatic rings. The van der Waals surface area contributed by atoms with Crippen LogP contribution < -0.4 is 10.1 Å². The minimum absolute atomic E-state index is 0.0940. The number of ether oxygens (including phenoxy) is 2. The van der Waals surface area contributed by atoms with Crippen molar-refractivity contribution in [2.75, 3.05) is 13.7 Å². The molecule has 0 radical (unpaired) electrons. The summed E-state index contributed by atoms with van der Waals surface area (Å²) >= 11 is 0. The van der Waals surface area contributed by atoms with Gasteiger partial charge in [0, 0.05) is 29.3 Å². The van der Waals surface area contributed by atoms with Crippen LogP contribution in [-0.4, -0.2) is 25.5 Å². The summed E-state index contributed by atoms with van der Waals surface area (Å²) in [5, 5.41) is 3.42. The number of ketones is 1. The van der Waals surface area contributed by atoms with Crippen molar-refractivity contribution in [2.24, 2.45) is 5.41 Å². The molecule has 0 aromatic heterocycles. The Labute approximate surface area is 166 Å². The lowest BCUT2D eigenvalue weighted by atomic mass is 9.68. The monoisotopic (exact) mass is 383 g/mol. The topological polar surface area (TPSA) is 64.6 Å². The van der Waals surface area contributed by atoms with Gasteiger partial charge in [0.2, 0.25) is 0 Å². The van der Waals surface area contributed by atoms with E-state index in [1.807, 2.05) is 31.2 Å². The summed E-state index contributed by atoms with van der Waals surface area (Å²) in [6.07, 6.45) is 1.91. The van der Waals surface area contributed by atoms with Gasteiger partial charge >= 0.3 is 5.97 Å².